The number of aromatic nitrogens is 3. The van der Waals surface area contributed by atoms with Gasteiger partial charge in [0.15, 0.2) is 0 Å². The van der Waals surface area contributed by atoms with Crippen LogP contribution in [0.4, 0.5) is 5.69 Å². The van der Waals surface area contributed by atoms with Crippen LogP contribution in [0, 0.1) is 0 Å². The maximum Gasteiger partial charge on any atom is 0.256 e. The van der Waals surface area contributed by atoms with Crippen LogP contribution in [0.25, 0.3) is 0 Å². The van der Waals surface area contributed by atoms with Crippen LogP contribution in [0.2, 0.25) is 0 Å². The molecule has 0 aliphatic rings. The van der Waals surface area contributed by atoms with Crippen LogP contribution in [0.15, 0.2) is 99.7 Å². The van der Waals surface area contributed by atoms with E-state index in [4.69, 9.17) is 4.74 Å². The van der Waals surface area contributed by atoms with E-state index in [2.05, 4.69) is 31.3 Å². The van der Waals surface area contributed by atoms with Crippen molar-refractivity contribution < 1.29 is 9.53 Å². The van der Waals surface area contributed by atoms with Crippen LogP contribution < -0.4 is 10.1 Å². The van der Waals surface area contributed by atoms with E-state index in [0.29, 0.717) is 30.2 Å². The minimum atomic E-state index is -0.186. The molecule has 2 aromatic carbocycles. The Labute approximate surface area is 192 Å². The first kappa shape index (κ1) is 21.1. The molecule has 31 heavy (non-hydrogen) atoms. The van der Waals surface area contributed by atoms with Gasteiger partial charge in [0, 0.05) is 39.7 Å². The van der Waals surface area contributed by atoms with E-state index in [-0.39, 0.29) is 5.91 Å². The molecule has 0 atom stereocenters. The first-order valence-corrected chi connectivity index (χ1v) is 11.2. The molecule has 2 aromatic heterocycles. The zero-order valence-electron chi connectivity index (χ0n) is 16.4. The van der Waals surface area contributed by atoms with Gasteiger partial charge in [0.1, 0.15) is 17.4 Å². The molecule has 1 N–H and O–H groups in total. The normalized spacial score (nSPS) is 10.6. The molecule has 6 nitrogen and oxygen atoms in total. The SMILES string of the molecule is O=C(Nc1cccc(OCCn2cccn2)c1)c1ccccc1Sc1ccc(Br)cn1. The molecule has 4 rings (SSSR count). The zero-order chi connectivity index (χ0) is 21.5. The summed E-state index contributed by atoms with van der Waals surface area (Å²) >= 11 is 4.84. The van der Waals surface area contributed by atoms with Crippen molar-refractivity contribution in [2.24, 2.45) is 0 Å². The zero-order valence-corrected chi connectivity index (χ0v) is 18.8. The Kier molecular flexibility index (Phi) is 7.01. The fraction of sp³-hybridized carbons (Fsp3) is 0.0870. The molecule has 1 amide bonds. The maximum atomic E-state index is 13.0. The summed E-state index contributed by atoms with van der Waals surface area (Å²) in [6, 6.07) is 20.6. The minimum absolute atomic E-state index is 0.186. The Hall–Kier alpha value is -3.10. The molecule has 0 spiro atoms. The van der Waals surface area contributed by atoms with Crippen LogP contribution in [-0.4, -0.2) is 27.3 Å². The van der Waals surface area contributed by atoms with Crippen molar-refractivity contribution in [1.29, 1.82) is 0 Å². The van der Waals surface area contributed by atoms with Gasteiger partial charge in [-0.1, -0.05) is 30.0 Å². The Morgan fingerprint density at radius 1 is 1.10 bits per heavy atom. The standard InChI is InChI=1S/C23H19BrN4O2S/c24-17-9-10-22(25-16-17)31-21-8-2-1-7-20(21)23(29)27-18-5-3-6-19(15-18)30-14-13-28-12-4-11-26-28/h1-12,15-16H,13-14H2,(H,27,29). The second kappa shape index (κ2) is 10.3. The number of nitrogens with zero attached hydrogens (tertiary/aromatic N) is 3. The smallest absolute Gasteiger partial charge is 0.256 e. The number of carbonyl (C=O) groups excluding carboxylic acids is 1. The highest BCUT2D eigenvalue weighted by molar-refractivity contribution is 9.10. The first-order chi connectivity index (χ1) is 15.2. The summed E-state index contributed by atoms with van der Waals surface area (Å²) in [4.78, 5) is 18.2. The molecule has 156 valence electrons. The van der Waals surface area contributed by atoms with Crippen LogP contribution in [0.5, 0.6) is 5.75 Å². The first-order valence-electron chi connectivity index (χ1n) is 9.57. The molecule has 0 saturated heterocycles. The highest BCUT2D eigenvalue weighted by Crippen LogP contribution is 2.30. The lowest BCUT2D eigenvalue weighted by Gasteiger charge is -2.11. The number of amides is 1. The number of pyridine rings is 1. The monoisotopic (exact) mass is 494 g/mol. The van der Waals surface area contributed by atoms with Gasteiger partial charge >= 0.3 is 0 Å². The molecular formula is C23H19BrN4O2S. The summed E-state index contributed by atoms with van der Waals surface area (Å²) in [6.45, 7) is 1.14. The molecule has 0 bridgehead atoms. The number of carbonyl (C=O) groups is 1. The highest BCUT2D eigenvalue weighted by Gasteiger charge is 2.13. The fourth-order valence-electron chi connectivity index (χ4n) is 2.83. The Balaban J connectivity index is 1.41. The number of hydrogen-bond acceptors (Lipinski definition) is 5. The highest BCUT2D eigenvalue weighted by atomic mass is 79.9. The second-order valence-corrected chi connectivity index (χ2v) is 8.49. The van der Waals surface area contributed by atoms with Crippen LogP contribution in [0.1, 0.15) is 10.4 Å². The summed E-state index contributed by atoms with van der Waals surface area (Å²) in [7, 11) is 0. The number of ether oxygens (including phenoxy) is 1. The fourth-order valence-corrected chi connectivity index (χ4v) is 3.95. The van der Waals surface area contributed by atoms with Crippen LogP contribution in [0.3, 0.4) is 0 Å². The van der Waals surface area contributed by atoms with Gasteiger partial charge < -0.3 is 10.1 Å². The number of rotatable bonds is 8. The molecule has 0 aliphatic carbocycles. The van der Waals surface area contributed by atoms with Crippen molar-refractivity contribution in [2.75, 3.05) is 11.9 Å². The second-order valence-electron chi connectivity index (χ2n) is 6.51. The minimum Gasteiger partial charge on any atom is -0.492 e. The summed E-state index contributed by atoms with van der Waals surface area (Å²) in [6.07, 6.45) is 5.36. The molecule has 0 unspecified atom stereocenters. The Bertz CT molecular complexity index is 1150. The third-order valence-corrected chi connectivity index (χ3v) is 5.78. The summed E-state index contributed by atoms with van der Waals surface area (Å²) in [5.74, 6) is 0.501. The maximum absolute atomic E-state index is 13.0. The summed E-state index contributed by atoms with van der Waals surface area (Å²) in [5, 5.41) is 7.93. The largest absolute Gasteiger partial charge is 0.492 e. The Morgan fingerprint density at radius 2 is 2.00 bits per heavy atom. The number of halogens is 1. The van der Waals surface area contributed by atoms with E-state index in [1.54, 1.807) is 23.1 Å². The summed E-state index contributed by atoms with van der Waals surface area (Å²) < 4.78 is 8.51. The van der Waals surface area contributed by atoms with E-state index in [0.717, 1.165) is 14.4 Å². The lowest BCUT2D eigenvalue weighted by atomic mass is 10.2. The van der Waals surface area contributed by atoms with Gasteiger partial charge in [-0.15, -0.1) is 0 Å². The van der Waals surface area contributed by atoms with E-state index in [1.807, 2.05) is 66.9 Å². The van der Waals surface area contributed by atoms with Crippen molar-refractivity contribution in [3.05, 3.63) is 95.4 Å². The van der Waals surface area contributed by atoms with Crippen molar-refractivity contribution in [3.8, 4) is 5.75 Å². The topological polar surface area (TPSA) is 69.0 Å². The number of anilines is 1. The van der Waals surface area contributed by atoms with Gasteiger partial charge in [-0.2, -0.15) is 5.10 Å². The number of benzene rings is 2. The number of nitrogens with one attached hydrogen (secondary N) is 1. The van der Waals surface area contributed by atoms with Crippen LogP contribution >= 0.6 is 27.7 Å². The third kappa shape index (κ3) is 5.96. The van der Waals surface area contributed by atoms with E-state index in [1.165, 1.54) is 11.8 Å². The number of hydrogen-bond donors (Lipinski definition) is 1. The van der Waals surface area contributed by atoms with Gasteiger partial charge in [0.2, 0.25) is 0 Å². The van der Waals surface area contributed by atoms with Crippen LogP contribution in [-0.2, 0) is 6.54 Å². The van der Waals surface area contributed by atoms with Crippen molar-refractivity contribution in [3.63, 3.8) is 0 Å². The molecular weight excluding hydrogens is 476 g/mol. The molecule has 8 heteroatoms. The lowest BCUT2D eigenvalue weighted by Crippen LogP contribution is -2.13. The molecule has 0 radical (unpaired) electrons. The van der Waals surface area contributed by atoms with Gasteiger partial charge in [0.25, 0.3) is 5.91 Å². The molecule has 2 heterocycles. The van der Waals surface area contributed by atoms with Gasteiger partial charge in [-0.25, -0.2) is 4.98 Å². The van der Waals surface area contributed by atoms with Gasteiger partial charge in [0.05, 0.1) is 12.1 Å². The third-order valence-electron chi connectivity index (χ3n) is 4.29. The van der Waals surface area contributed by atoms with E-state index in [9.17, 15) is 4.79 Å². The lowest BCUT2D eigenvalue weighted by molar-refractivity contribution is 0.102. The Morgan fingerprint density at radius 3 is 2.81 bits per heavy atom. The average Bonchev–Trinajstić information content (AvgIpc) is 3.30. The van der Waals surface area contributed by atoms with Crippen molar-refractivity contribution >= 4 is 39.3 Å². The molecule has 4 aromatic rings. The van der Waals surface area contributed by atoms with Gasteiger partial charge in [-0.05, 0) is 58.4 Å². The van der Waals surface area contributed by atoms with Crippen molar-refractivity contribution in [2.45, 2.75) is 16.5 Å². The molecule has 0 aliphatic heterocycles. The summed E-state index contributed by atoms with van der Waals surface area (Å²) in [5.41, 5.74) is 1.25. The molecule has 0 fully saturated rings. The van der Waals surface area contributed by atoms with E-state index < -0.39 is 0 Å². The average molecular weight is 495 g/mol. The predicted octanol–water partition coefficient (Wildman–Crippen LogP) is 5.52. The predicted molar refractivity (Wildman–Crippen MR) is 125 cm³/mol. The van der Waals surface area contributed by atoms with Crippen molar-refractivity contribution in [1.82, 2.24) is 14.8 Å². The molecule has 0 saturated carbocycles. The van der Waals surface area contributed by atoms with Gasteiger partial charge in [-0.3, -0.25) is 9.48 Å². The quantitative estimate of drug-likeness (QED) is 0.349. The van der Waals surface area contributed by atoms with E-state index >= 15 is 0 Å².